The van der Waals surface area contributed by atoms with Crippen molar-refractivity contribution in [3.63, 3.8) is 0 Å². The summed E-state index contributed by atoms with van der Waals surface area (Å²) < 4.78 is 16.7. The molecule has 2 atom stereocenters. The first kappa shape index (κ1) is 58.4. The van der Waals surface area contributed by atoms with Gasteiger partial charge >= 0.3 is 17.9 Å². The van der Waals surface area contributed by atoms with Gasteiger partial charge in [0.2, 0.25) is 0 Å². The van der Waals surface area contributed by atoms with Crippen LogP contribution in [-0.2, 0) is 28.6 Å². The summed E-state index contributed by atoms with van der Waals surface area (Å²) in [6, 6.07) is 0. The van der Waals surface area contributed by atoms with Crippen molar-refractivity contribution in [3.8, 4) is 0 Å². The van der Waals surface area contributed by atoms with Crippen LogP contribution in [0.4, 0.5) is 0 Å². The Morgan fingerprint density at radius 2 is 0.633 bits per heavy atom. The topological polar surface area (TPSA) is 78.9 Å². The quantitative estimate of drug-likeness (QED) is 0.0345. The van der Waals surface area contributed by atoms with Gasteiger partial charge in [-0.2, -0.15) is 0 Å². The first-order valence-electron chi connectivity index (χ1n) is 26.8. The van der Waals surface area contributed by atoms with Crippen LogP contribution in [0, 0.1) is 11.8 Å². The van der Waals surface area contributed by atoms with Crippen LogP contribution in [0.1, 0.15) is 298 Å². The summed E-state index contributed by atoms with van der Waals surface area (Å²) in [6.45, 7) is 11.4. The molecule has 60 heavy (non-hydrogen) atoms. The molecule has 1 unspecified atom stereocenters. The van der Waals surface area contributed by atoms with Crippen LogP contribution in [0.3, 0.4) is 0 Å². The summed E-state index contributed by atoms with van der Waals surface area (Å²) in [7, 11) is 0. The molecule has 0 spiro atoms. The van der Waals surface area contributed by atoms with Gasteiger partial charge < -0.3 is 14.2 Å². The average molecular weight is 849 g/mol. The van der Waals surface area contributed by atoms with Gasteiger partial charge in [-0.3, -0.25) is 14.4 Å². The summed E-state index contributed by atoms with van der Waals surface area (Å²) >= 11 is 0. The van der Waals surface area contributed by atoms with Crippen molar-refractivity contribution < 1.29 is 28.6 Å². The fraction of sp³-hybridized carbons (Fsp3) is 0.944. The van der Waals surface area contributed by atoms with Gasteiger partial charge in [0.15, 0.2) is 6.10 Å². The zero-order chi connectivity index (χ0) is 44.0. The van der Waals surface area contributed by atoms with E-state index in [-0.39, 0.29) is 31.1 Å². The summed E-state index contributed by atoms with van der Waals surface area (Å²) in [4.78, 5) is 37.7. The van der Waals surface area contributed by atoms with Gasteiger partial charge in [0.1, 0.15) is 13.2 Å². The summed E-state index contributed by atoms with van der Waals surface area (Å²) in [5.41, 5.74) is 0. The lowest BCUT2D eigenvalue weighted by molar-refractivity contribution is -0.167. The van der Waals surface area contributed by atoms with E-state index in [4.69, 9.17) is 14.2 Å². The van der Waals surface area contributed by atoms with Crippen LogP contribution >= 0.6 is 0 Å². The van der Waals surface area contributed by atoms with E-state index in [0.29, 0.717) is 19.3 Å². The van der Waals surface area contributed by atoms with Gasteiger partial charge in [0.05, 0.1) is 0 Å². The third kappa shape index (κ3) is 45.9. The Balaban J connectivity index is 4.05. The van der Waals surface area contributed by atoms with Crippen molar-refractivity contribution in [2.24, 2.45) is 11.8 Å². The maximum Gasteiger partial charge on any atom is 0.306 e. The predicted molar refractivity (Wildman–Crippen MR) is 256 cm³/mol. The Labute approximate surface area is 374 Å². The van der Waals surface area contributed by atoms with Crippen LogP contribution in [0.2, 0.25) is 0 Å². The highest BCUT2D eigenvalue weighted by molar-refractivity contribution is 5.71. The van der Waals surface area contributed by atoms with E-state index in [1.54, 1.807) is 0 Å². The zero-order valence-electron chi connectivity index (χ0n) is 41.1. The second-order valence-electron chi connectivity index (χ2n) is 19.2. The molecule has 6 nitrogen and oxygen atoms in total. The lowest BCUT2D eigenvalue weighted by Gasteiger charge is -2.18. The predicted octanol–water partition coefficient (Wildman–Crippen LogP) is 17.3. The molecule has 0 aromatic carbocycles. The molecule has 0 radical (unpaired) electrons. The second kappa shape index (κ2) is 46.9. The van der Waals surface area contributed by atoms with E-state index in [1.807, 2.05) is 0 Å². The minimum Gasteiger partial charge on any atom is -0.462 e. The van der Waals surface area contributed by atoms with E-state index in [2.05, 4.69) is 34.6 Å². The summed E-state index contributed by atoms with van der Waals surface area (Å²) in [6.07, 6.45) is 48.4. The van der Waals surface area contributed by atoms with E-state index in [1.165, 1.54) is 180 Å². The molecule has 0 heterocycles. The molecule has 0 bridgehead atoms. The summed E-state index contributed by atoms with van der Waals surface area (Å²) in [5, 5.41) is 0. The number of hydrogen-bond acceptors (Lipinski definition) is 6. The molecule has 0 amide bonds. The highest BCUT2D eigenvalue weighted by atomic mass is 16.6. The van der Waals surface area contributed by atoms with E-state index in [0.717, 1.165) is 76.0 Å². The molecule has 0 aliphatic carbocycles. The highest BCUT2D eigenvalue weighted by Crippen LogP contribution is 2.18. The van der Waals surface area contributed by atoms with Crippen molar-refractivity contribution in [1.29, 1.82) is 0 Å². The fourth-order valence-electron chi connectivity index (χ4n) is 8.13. The van der Waals surface area contributed by atoms with Crippen LogP contribution in [0.15, 0.2) is 0 Å². The maximum absolute atomic E-state index is 12.7. The molecule has 0 aliphatic heterocycles. The monoisotopic (exact) mass is 849 g/mol. The molecule has 0 fully saturated rings. The minimum absolute atomic E-state index is 0.0644. The molecule has 0 rings (SSSR count). The number of unbranched alkanes of at least 4 members (excludes halogenated alkanes) is 32. The van der Waals surface area contributed by atoms with E-state index >= 15 is 0 Å². The Kier molecular flexibility index (Phi) is 45.7. The van der Waals surface area contributed by atoms with Crippen LogP contribution < -0.4 is 0 Å². The van der Waals surface area contributed by atoms with Crippen molar-refractivity contribution in [3.05, 3.63) is 0 Å². The standard InChI is InChI=1S/C54H104O6/c1-6-8-9-32-39-44-52(55)58-47-51(60-54(57)46-41-36-31-27-23-19-18-20-24-28-33-37-42-49(3)4)48-59-53(56)45-40-35-30-26-22-17-15-13-11-10-12-14-16-21-25-29-34-38-43-50(5)7-2/h49-51H,6-48H2,1-5H3/t50?,51-/m0/s1. The highest BCUT2D eigenvalue weighted by Gasteiger charge is 2.19. The van der Waals surface area contributed by atoms with Crippen molar-refractivity contribution in [2.45, 2.75) is 304 Å². The zero-order valence-corrected chi connectivity index (χ0v) is 41.1. The number of carbonyl (C=O) groups excluding carboxylic acids is 3. The molecule has 0 aromatic rings. The van der Waals surface area contributed by atoms with Crippen molar-refractivity contribution in [2.75, 3.05) is 13.2 Å². The molecule has 356 valence electrons. The summed E-state index contributed by atoms with van der Waals surface area (Å²) in [5.74, 6) is 0.881. The largest absolute Gasteiger partial charge is 0.462 e. The first-order valence-corrected chi connectivity index (χ1v) is 26.8. The third-order valence-electron chi connectivity index (χ3n) is 12.6. The molecule has 0 saturated carbocycles. The lowest BCUT2D eigenvalue weighted by atomic mass is 9.99. The number of hydrogen-bond donors (Lipinski definition) is 0. The molecule has 0 aromatic heterocycles. The fourth-order valence-corrected chi connectivity index (χ4v) is 8.13. The van der Waals surface area contributed by atoms with Crippen LogP contribution in [0.25, 0.3) is 0 Å². The van der Waals surface area contributed by atoms with Gasteiger partial charge in [-0.1, -0.05) is 259 Å². The maximum atomic E-state index is 12.7. The van der Waals surface area contributed by atoms with Crippen LogP contribution in [-0.4, -0.2) is 37.2 Å². The van der Waals surface area contributed by atoms with Crippen molar-refractivity contribution >= 4 is 17.9 Å². The minimum atomic E-state index is -0.760. The second-order valence-corrected chi connectivity index (χ2v) is 19.2. The molecular formula is C54H104O6. The molecule has 0 saturated heterocycles. The third-order valence-corrected chi connectivity index (χ3v) is 12.6. The van der Waals surface area contributed by atoms with Gasteiger partial charge in [-0.25, -0.2) is 0 Å². The Morgan fingerprint density at radius 1 is 0.350 bits per heavy atom. The first-order chi connectivity index (χ1) is 29.3. The number of rotatable bonds is 48. The number of esters is 3. The molecular weight excluding hydrogens is 745 g/mol. The van der Waals surface area contributed by atoms with Crippen LogP contribution in [0.5, 0.6) is 0 Å². The molecule has 0 N–H and O–H groups in total. The van der Waals surface area contributed by atoms with Gasteiger partial charge in [0, 0.05) is 19.3 Å². The van der Waals surface area contributed by atoms with Gasteiger partial charge in [0.25, 0.3) is 0 Å². The van der Waals surface area contributed by atoms with Gasteiger partial charge in [-0.15, -0.1) is 0 Å². The smallest absolute Gasteiger partial charge is 0.306 e. The van der Waals surface area contributed by atoms with Gasteiger partial charge in [-0.05, 0) is 31.1 Å². The lowest BCUT2D eigenvalue weighted by Crippen LogP contribution is -2.30. The average Bonchev–Trinajstić information content (AvgIpc) is 3.23. The van der Waals surface area contributed by atoms with E-state index < -0.39 is 6.10 Å². The molecule has 6 heteroatoms. The molecule has 0 aliphatic rings. The normalized spacial score (nSPS) is 12.5. The SMILES string of the molecule is CCCCCCCC(=O)OC[C@@H](COC(=O)CCCCCCCCCCCCCCCCCCCCC(C)CC)OC(=O)CCCCCCCCCCCCCCC(C)C. The Morgan fingerprint density at radius 3 is 0.950 bits per heavy atom. The Hall–Kier alpha value is -1.59. The van der Waals surface area contributed by atoms with E-state index in [9.17, 15) is 14.4 Å². The number of carbonyl (C=O) groups is 3. The van der Waals surface area contributed by atoms with Crippen molar-refractivity contribution in [1.82, 2.24) is 0 Å². The number of ether oxygens (including phenoxy) is 3. The Bertz CT molecular complexity index is 918.